The molecule has 0 bridgehead atoms. The number of likely N-dealkylation sites (N-methyl/N-ethyl adjacent to an activating group) is 1. The van der Waals surface area contributed by atoms with Gasteiger partial charge in [-0.1, -0.05) is 12.1 Å². The molecule has 5 nitrogen and oxygen atoms in total. The van der Waals surface area contributed by atoms with Gasteiger partial charge in [-0.2, -0.15) is 13.2 Å². The van der Waals surface area contributed by atoms with E-state index in [1.54, 1.807) is 0 Å². The quantitative estimate of drug-likeness (QED) is 0.601. The summed E-state index contributed by atoms with van der Waals surface area (Å²) in [6.45, 7) is 7.30. The Morgan fingerprint density at radius 1 is 1.19 bits per heavy atom. The summed E-state index contributed by atoms with van der Waals surface area (Å²) >= 11 is 0. The van der Waals surface area contributed by atoms with E-state index >= 15 is 0 Å². The monoisotopic (exact) mass is 373 g/mol. The summed E-state index contributed by atoms with van der Waals surface area (Å²) < 4.78 is 52.2. The lowest BCUT2D eigenvalue weighted by atomic mass is 9.77. The average Bonchev–Trinajstić information content (AvgIpc) is 2.73. The van der Waals surface area contributed by atoms with Crippen molar-refractivity contribution in [3.05, 3.63) is 29.3 Å². The van der Waals surface area contributed by atoms with E-state index in [2.05, 4.69) is 0 Å². The van der Waals surface area contributed by atoms with E-state index in [1.165, 1.54) is 26.3 Å². The van der Waals surface area contributed by atoms with Crippen LogP contribution in [-0.2, 0) is 31.5 Å². The first-order chi connectivity index (χ1) is 11.8. The van der Waals surface area contributed by atoms with Gasteiger partial charge in [0.05, 0.1) is 30.3 Å². The molecule has 0 radical (unpaired) electrons. The Hall–Kier alpha value is -1.58. The molecule has 1 amide bonds. The number of rotatable bonds is 4. The van der Waals surface area contributed by atoms with Crippen LogP contribution in [0.4, 0.5) is 13.2 Å². The second kappa shape index (κ2) is 6.86. The molecule has 1 aromatic rings. The average molecular weight is 373 g/mol. The molecule has 1 saturated heterocycles. The molecule has 1 aliphatic rings. The van der Waals surface area contributed by atoms with Gasteiger partial charge in [-0.05, 0) is 44.8 Å². The van der Waals surface area contributed by atoms with Crippen LogP contribution in [-0.4, -0.2) is 43.4 Å². The van der Waals surface area contributed by atoms with E-state index < -0.39 is 42.4 Å². The predicted octanol–water partition coefficient (Wildman–Crippen LogP) is 2.57. The molecule has 144 valence electrons. The van der Waals surface area contributed by atoms with Gasteiger partial charge in [-0.3, -0.25) is 9.63 Å². The van der Waals surface area contributed by atoms with E-state index in [9.17, 15) is 18.0 Å². The minimum absolute atomic E-state index is 0.133. The number of hydrogen-bond donors (Lipinski definition) is 0. The zero-order valence-electron chi connectivity index (χ0n) is 15.7. The number of benzene rings is 1. The van der Waals surface area contributed by atoms with Crippen LogP contribution >= 0.6 is 0 Å². The normalized spacial score (nSPS) is 18.9. The lowest BCUT2D eigenvalue weighted by molar-refractivity contribution is -0.168. The molecule has 0 saturated carbocycles. The molecule has 1 aromatic carbocycles. The third kappa shape index (κ3) is 4.05. The van der Waals surface area contributed by atoms with Crippen molar-refractivity contribution >= 4 is 18.5 Å². The Bertz CT molecular complexity index is 675. The fraction of sp³-hybridized carbons (Fsp3) is 0.588. The largest absolute Gasteiger partial charge is 0.494 e. The first kappa shape index (κ1) is 20.7. The molecule has 0 spiro atoms. The van der Waals surface area contributed by atoms with Crippen molar-refractivity contribution in [2.75, 3.05) is 14.2 Å². The summed E-state index contributed by atoms with van der Waals surface area (Å²) in [6, 6.07) is 3.76. The minimum atomic E-state index is -4.61. The van der Waals surface area contributed by atoms with E-state index in [-0.39, 0.29) is 11.0 Å². The minimum Gasteiger partial charge on any atom is -0.399 e. The first-order valence-electron chi connectivity index (χ1n) is 8.15. The summed E-state index contributed by atoms with van der Waals surface area (Å²) in [7, 11) is 1.70. The topological polar surface area (TPSA) is 48.0 Å². The highest BCUT2D eigenvalue weighted by Gasteiger charge is 2.52. The third-order valence-corrected chi connectivity index (χ3v) is 4.93. The zero-order chi connectivity index (χ0) is 19.9. The molecule has 1 heterocycles. The van der Waals surface area contributed by atoms with Gasteiger partial charge in [0.2, 0.25) is 5.91 Å². The molecule has 0 N–H and O–H groups in total. The van der Waals surface area contributed by atoms with Gasteiger partial charge in [0, 0.05) is 7.05 Å². The molecule has 0 atom stereocenters. The Kier molecular flexibility index (Phi) is 5.47. The van der Waals surface area contributed by atoms with Crippen molar-refractivity contribution in [1.29, 1.82) is 0 Å². The summed E-state index contributed by atoms with van der Waals surface area (Å²) in [5, 5.41) is 0.891. The maximum atomic E-state index is 13.5. The van der Waals surface area contributed by atoms with Gasteiger partial charge in [-0.15, -0.1) is 0 Å². The maximum Gasteiger partial charge on any atom is 0.494 e. The molecule has 9 heteroatoms. The third-order valence-electron chi connectivity index (χ3n) is 4.93. The highest BCUT2D eigenvalue weighted by Crippen LogP contribution is 2.37. The van der Waals surface area contributed by atoms with Crippen LogP contribution < -0.4 is 5.46 Å². The molecule has 26 heavy (non-hydrogen) atoms. The van der Waals surface area contributed by atoms with Crippen molar-refractivity contribution in [2.45, 2.75) is 51.5 Å². The smallest absolute Gasteiger partial charge is 0.399 e. The van der Waals surface area contributed by atoms with E-state index in [1.807, 2.05) is 27.7 Å². The number of hydrogen-bond acceptors (Lipinski definition) is 4. The second-order valence-corrected chi connectivity index (χ2v) is 7.25. The lowest BCUT2D eigenvalue weighted by Crippen LogP contribution is -2.41. The van der Waals surface area contributed by atoms with Crippen molar-refractivity contribution in [2.24, 2.45) is 0 Å². The van der Waals surface area contributed by atoms with E-state index in [0.29, 0.717) is 0 Å². The van der Waals surface area contributed by atoms with E-state index in [0.717, 1.165) is 11.1 Å². The molecule has 1 aliphatic heterocycles. The number of amides is 1. The molecule has 1 fully saturated rings. The van der Waals surface area contributed by atoms with Gasteiger partial charge in [0.1, 0.15) is 0 Å². The highest BCUT2D eigenvalue weighted by molar-refractivity contribution is 6.62. The number of halogens is 3. The van der Waals surface area contributed by atoms with Crippen LogP contribution in [0.1, 0.15) is 38.8 Å². The molecule has 0 aliphatic carbocycles. The van der Waals surface area contributed by atoms with Gasteiger partial charge >= 0.3 is 13.3 Å². The fourth-order valence-corrected chi connectivity index (χ4v) is 2.51. The fourth-order valence-electron chi connectivity index (χ4n) is 2.51. The van der Waals surface area contributed by atoms with Crippen LogP contribution in [0.5, 0.6) is 0 Å². The van der Waals surface area contributed by atoms with Gasteiger partial charge in [-0.25, -0.2) is 5.06 Å². The number of nitrogens with zero attached hydrogens (tertiary/aromatic N) is 1. The number of carbonyl (C=O) groups excluding carboxylic acids is 1. The van der Waals surface area contributed by atoms with E-state index in [4.69, 9.17) is 14.1 Å². The Morgan fingerprint density at radius 2 is 1.73 bits per heavy atom. The van der Waals surface area contributed by atoms with Crippen molar-refractivity contribution in [3.8, 4) is 0 Å². The Morgan fingerprint density at radius 3 is 2.19 bits per heavy atom. The summed E-state index contributed by atoms with van der Waals surface area (Å²) in [6.07, 6.45) is -5.04. The van der Waals surface area contributed by atoms with Crippen LogP contribution in [0.25, 0.3) is 0 Å². The summed E-state index contributed by atoms with van der Waals surface area (Å²) in [4.78, 5) is 16.6. The molecule has 0 unspecified atom stereocenters. The number of alkyl halides is 3. The molecule has 2 rings (SSSR count). The summed E-state index contributed by atoms with van der Waals surface area (Å²) in [5.41, 5.74) is -2.08. The van der Waals surface area contributed by atoms with Gasteiger partial charge in [0.25, 0.3) is 0 Å². The SMILES string of the molecule is CON(C)C(=O)Cc1ccc(B2OC(C)(C)C(C)(C)O2)cc1C(F)(F)F. The lowest BCUT2D eigenvalue weighted by Gasteiger charge is -2.32. The van der Waals surface area contributed by atoms with Crippen molar-refractivity contribution in [3.63, 3.8) is 0 Å². The molecule has 0 aromatic heterocycles. The Labute approximate surface area is 151 Å². The highest BCUT2D eigenvalue weighted by atomic mass is 19.4. The Balaban J connectivity index is 2.37. The molecular weight excluding hydrogens is 350 g/mol. The van der Waals surface area contributed by atoms with Crippen LogP contribution in [0, 0.1) is 0 Å². The zero-order valence-corrected chi connectivity index (χ0v) is 15.7. The summed E-state index contributed by atoms with van der Waals surface area (Å²) in [5.74, 6) is -0.582. The number of hydroxylamine groups is 2. The van der Waals surface area contributed by atoms with Crippen LogP contribution in [0.2, 0.25) is 0 Å². The standard InChI is InChI=1S/C17H23BF3NO4/c1-15(2)16(3,4)26-18(25-15)12-8-7-11(9-14(23)22(5)24-6)13(10-12)17(19,20)21/h7-8,10H,9H2,1-6H3. The van der Waals surface area contributed by atoms with Crippen molar-refractivity contribution < 1.29 is 32.1 Å². The van der Waals surface area contributed by atoms with Gasteiger partial charge in [0.15, 0.2) is 0 Å². The molecular formula is C17H23BF3NO4. The van der Waals surface area contributed by atoms with Crippen molar-refractivity contribution in [1.82, 2.24) is 5.06 Å². The van der Waals surface area contributed by atoms with Crippen LogP contribution in [0.15, 0.2) is 18.2 Å². The van der Waals surface area contributed by atoms with Gasteiger partial charge < -0.3 is 9.31 Å². The maximum absolute atomic E-state index is 13.5. The first-order valence-corrected chi connectivity index (χ1v) is 8.15. The van der Waals surface area contributed by atoms with Crippen LogP contribution in [0.3, 0.4) is 0 Å². The second-order valence-electron chi connectivity index (χ2n) is 7.25. The number of carbonyl (C=O) groups is 1. The predicted molar refractivity (Wildman–Crippen MR) is 90.6 cm³/mol.